The predicted molar refractivity (Wildman–Crippen MR) is 58.3 cm³/mol. The van der Waals surface area contributed by atoms with Crippen LogP contribution in [0.25, 0.3) is 0 Å². The molecule has 0 rings (SSSR count). The molecule has 0 saturated carbocycles. The van der Waals surface area contributed by atoms with Crippen LogP contribution in [0, 0.1) is 0 Å². The average Bonchev–Trinajstić information content (AvgIpc) is 2.11. The molecule has 16 heavy (non-hydrogen) atoms. The van der Waals surface area contributed by atoms with E-state index in [-0.39, 0.29) is 64.2 Å². The molecule has 0 aliphatic heterocycles. The van der Waals surface area contributed by atoms with Crippen molar-refractivity contribution in [3.05, 3.63) is 0 Å². The maximum Gasteiger partial charge on any atom is 1.00 e. The van der Waals surface area contributed by atoms with E-state index in [0.717, 1.165) is 19.3 Å². The summed E-state index contributed by atoms with van der Waals surface area (Å²) in [6, 6.07) is 0. The van der Waals surface area contributed by atoms with Gasteiger partial charge in [-0.15, -0.1) is 0 Å². The molecule has 0 aromatic carbocycles. The van der Waals surface area contributed by atoms with Gasteiger partial charge in [-0.3, -0.25) is 0 Å². The summed E-state index contributed by atoms with van der Waals surface area (Å²) < 4.78 is 32.7. The quantitative estimate of drug-likeness (QED) is 0.350. The zero-order valence-electron chi connectivity index (χ0n) is 10.5. The van der Waals surface area contributed by atoms with E-state index < -0.39 is 15.1 Å². The number of hydrogen-bond donors (Lipinski definition) is 1. The first-order chi connectivity index (χ1) is 6.87. The topological polar surface area (TPSA) is 77.4 Å². The van der Waals surface area contributed by atoms with Gasteiger partial charge in [-0.1, -0.05) is 39.5 Å². The van der Waals surface area contributed by atoms with Gasteiger partial charge in [0.2, 0.25) is 0 Å². The molecule has 0 radical (unpaired) electrons. The van der Waals surface area contributed by atoms with Crippen molar-refractivity contribution < 1.29 is 69.5 Å². The Kier molecular flexibility index (Phi) is 11.7. The van der Waals surface area contributed by atoms with E-state index in [0.29, 0.717) is 12.8 Å². The molecule has 4 nitrogen and oxygen atoms in total. The summed E-state index contributed by atoms with van der Waals surface area (Å²) in [5, 5.41) is 9.75. The molecule has 0 bridgehead atoms. The van der Waals surface area contributed by atoms with Crippen molar-refractivity contribution in [3.63, 3.8) is 0 Å². The average molecular weight is 276 g/mol. The van der Waals surface area contributed by atoms with Crippen LogP contribution >= 0.6 is 0 Å². The van der Waals surface area contributed by atoms with Gasteiger partial charge in [0.25, 0.3) is 0 Å². The summed E-state index contributed by atoms with van der Waals surface area (Å²) >= 11 is 0. The molecule has 0 amide bonds. The minimum Gasteiger partial charge on any atom is -0.746 e. The molecule has 92 valence electrons. The monoisotopic (exact) mass is 276 g/mol. The summed E-state index contributed by atoms with van der Waals surface area (Å²) in [4.78, 5) is -2.05. The van der Waals surface area contributed by atoms with E-state index >= 15 is 0 Å². The molecule has 6 heteroatoms. The van der Waals surface area contributed by atoms with Crippen LogP contribution in [-0.4, -0.2) is 23.0 Å². The Balaban J connectivity index is 0. The van der Waals surface area contributed by atoms with Crippen molar-refractivity contribution in [2.45, 2.75) is 63.7 Å². The minimum atomic E-state index is -4.61. The first-order valence-electron chi connectivity index (χ1n) is 5.55. The zero-order chi connectivity index (χ0) is 11.9. The summed E-state index contributed by atoms with van der Waals surface area (Å²) in [5.41, 5.74) is 0. The second kappa shape index (κ2) is 9.44. The second-order valence-corrected chi connectivity index (χ2v) is 5.63. The standard InChI is InChI=1S/C10H22O4S.K/c1-3-5-6-7-9-10(11,8-4-2)15(12,13)14;/h11H,3-9H2,1-2H3,(H,12,13,14);/q;+1/p-1. The maximum atomic E-state index is 10.9. The van der Waals surface area contributed by atoms with Crippen LogP contribution in [0.4, 0.5) is 0 Å². The molecular weight excluding hydrogens is 255 g/mol. The van der Waals surface area contributed by atoms with Gasteiger partial charge in [0.15, 0.2) is 4.93 Å². The largest absolute Gasteiger partial charge is 1.00 e. The van der Waals surface area contributed by atoms with Crippen molar-refractivity contribution in [1.29, 1.82) is 0 Å². The van der Waals surface area contributed by atoms with E-state index in [1.165, 1.54) is 0 Å². The van der Waals surface area contributed by atoms with Gasteiger partial charge >= 0.3 is 51.4 Å². The fourth-order valence-corrected chi connectivity index (χ4v) is 2.44. The summed E-state index contributed by atoms with van der Waals surface area (Å²) in [6.45, 7) is 3.80. The van der Waals surface area contributed by atoms with Gasteiger partial charge in [0, 0.05) is 0 Å². The second-order valence-electron chi connectivity index (χ2n) is 3.96. The third kappa shape index (κ3) is 7.05. The Bertz CT molecular complexity index is 266. The number of rotatable bonds is 8. The van der Waals surface area contributed by atoms with Gasteiger partial charge in [-0.2, -0.15) is 0 Å². The van der Waals surface area contributed by atoms with E-state index in [4.69, 9.17) is 0 Å². The van der Waals surface area contributed by atoms with Gasteiger partial charge in [-0.05, 0) is 19.3 Å². The van der Waals surface area contributed by atoms with Gasteiger partial charge < -0.3 is 9.66 Å². The Morgan fingerprint density at radius 2 is 1.62 bits per heavy atom. The molecule has 1 N–H and O–H groups in total. The van der Waals surface area contributed by atoms with Crippen LogP contribution in [0.5, 0.6) is 0 Å². The molecule has 0 heterocycles. The van der Waals surface area contributed by atoms with E-state index in [2.05, 4.69) is 0 Å². The Hall–Kier alpha value is 1.51. The zero-order valence-corrected chi connectivity index (χ0v) is 14.5. The van der Waals surface area contributed by atoms with Crippen molar-refractivity contribution >= 4 is 10.1 Å². The van der Waals surface area contributed by atoms with Gasteiger partial charge in [-0.25, -0.2) is 8.42 Å². The summed E-state index contributed by atoms with van der Waals surface area (Å²) in [5.74, 6) is 0. The Morgan fingerprint density at radius 3 is 2.00 bits per heavy atom. The molecular formula is C10H21KO4S. The summed E-state index contributed by atoms with van der Waals surface area (Å²) in [7, 11) is -4.61. The van der Waals surface area contributed by atoms with Crippen LogP contribution in [0.1, 0.15) is 58.8 Å². The van der Waals surface area contributed by atoms with Crippen molar-refractivity contribution in [3.8, 4) is 0 Å². The molecule has 0 aliphatic rings. The van der Waals surface area contributed by atoms with E-state index in [9.17, 15) is 18.1 Å². The van der Waals surface area contributed by atoms with Crippen molar-refractivity contribution in [2.75, 3.05) is 0 Å². The SMILES string of the molecule is CCCCCCC(O)(CCC)S(=O)(=O)[O-].[K+]. The molecule has 0 fully saturated rings. The predicted octanol–water partition coefficient (Wildman–Crippen LogP) is -1.01. The first kappa shape index (κ1) is 19.8. The molecule has 0 aromatic rings. The third-order valence-corrected chi connectivity index (χ3v) is 3.87. The maximum absolute atomic E-state index is 10.9. The van der Waals surface area contributed by atoms with Crippen LogP contribution in [0.2, 0.25) is 0 Å². The molecule has 0 aliphatic carbocycles. The molecule has 0 spiro atoms. The minimum absolute atomic E-state index is 0. The smallest absolute Gasteiger partial charge is 0.746 e. The first-order valence-corrected chi connectivity index (χ1v) is 6.96. The van der Waals surface area contributed by atoms with Gasteiger partial charge in [0.1, 0.15) is 10.1 Å². The van der Waals surface area contributed by atoms with Gasteiger partial charge in [0.05, 0.1) is 0 Å². The molecule has 0 aromatic heterocycles. The fourth-order valence-electron chi connectivity index (χ4n) is 1.59. The van der Waals surface area contributed by atoms with Crippen LogP contribution in [0.3, 0.4) is 0 Å². The number of hydrogen-bond acceptors (Lipinski definition) is 4. The van der Waals surface area contributed by atoms with Crippen LogP contribution < -0.4 is 51.4 Å². The molecule has 0 saturated heterocycles. The molecule has 1 unspecified atom stereocenters. The van der Waals surface area contributed by atoms with Crippen molar-refractivity contribution in [1.82, 2.24) is 0 Å². The number of aliphatic hydroxyl groups is 1. The van der Waals surface area contributed by atoms with Crippen LogP contribution in [0.15, 0.2) is 0 Å². The Labute approximate surface area is 141 Å². The fraction of sp³-hybridized carbons (Fsp3) is 1.00. The normalized spacial score (nSPS) is 15.2. The van der Waals surface area contributed by atoms with Crippen LogP contribution in [-0.2, 0) is 10.1 Å². The van der Waals surface area contributed by atoms with Crippen molar-refractivity contribution in [2.24, 2.45) is 0 Å². The molecule has 1 atom stereocenters. The van der Waals surface area contributed by atoms with E-state index in [1.54, 1.807) is 6.92 Å². The number of unbranched alkanes of at least 4 members (excludes halogenated alkanes) is 3. The van der Waals surface area contributed by atoms with E-state index in [1.807, 2.05) is 6.92 Å². The summed E-state index contributed by atoms with van der Waals surface area (Å²) in [6.07, 6.45) is 4.07. The third-order valence-electron chi connectivity index (χ3n) is 2.53. The Morgan fingerprint density at radius 1 is 1.06 bits per heavy atom.